The Kier molecular flexibility index (Phi) is 2.75. The molecule has 5 aliphatic rings. The number of fused-ring (bicyclic) bond motifs is 1. The van der Waals surface area contributed by atoms with E-state index in [0.29, 0.717) is 0 Å². The zero-order chi connectivity index (χ0) is 17.7. The molecule has 138 valence electrons. The zero-order valence-corrected chi connectivity index (χ0v) is 15.3. The molecule has 1 N–H and O–H groups in total. The fourth-order valence-corrected chi connectivity index (χ4v) is 7.83. The van der Waals surface area contributed by atoms with Crippen molar-refractivity contribution in [2.75, 3.05) is 24.6 Å². The van der Waals surface area contributed by atoms with Gasteiger partial charge in [0.05, 0.1) is 17.1 Å². The first-order valence-electron chi connectivity index (χ1n) is 10.1. The number of ether oxygens (including phenoxy) is 1. The number of hydrogen-bond donors (Lipinski definition) is 1. The van der Waals surface area contributed by atoms with Crippen LogP contribution >= 0.6 is 0 Å². The summed E-state index contributed by atoms with van der Waals surface area (Å²) in [6.45, 7) is 4.57. The molecule has 4 heterocycles. The van der Waals surface area contributed by atoms with Gasteiger partial charge in [0.1, 0.15) is 11.5 Å². The molecule has 3 saturated heterocycles. The van der Waals surface area contributed by atoms with Crippen LogP contribution in [0.5, 0.6) is 5.75 Å². The molecule has 1 aromatic carbocycles. The van der Waals surface area contributed by atoms with Crippen LogP contribution in [0, 0.1) is 5.41 Å². The van der Waals surface area contributed by atoms with E-state index in [2.05, 4.69) is 11.0 Å². The van der Waals surface area contributed by atoms with E-state index in [1.54, 1.807) is 13.0 Å². The molecule has 1 saturated carbocycles. The summed E-state index contributed by atoms with van der Waals surface area (Å²) < 4.78 is 6.76. The lowest BCUT2D eigenvalue weighted by molar-refractivity contribution is -0.232. The number of phenolic OH excluding ortho intramolecular Hbond substituents is 1. The summed E-state index contributed by atoms with van der Waals surface area (Å²) in [6.07, 6.45) is 6.74. The van der Waals surface area contributed by atoms with Crippen LogP contribution in [-0.4, -0.2) is 47.4 Å². The molecule has 2 spiro atoms. The molecule has 26 heavy (non-hydrogen) atoms. The Morgan fingerprint density at radius 3 is 2.96 bits per heavy atom. The summed E-state index contributed by atoms with van der Waals surface area (Å²) in [5, 5.41) is 10.7. The van der Waals surface area contributed by atoms with Gasteiger partial charge in [0.15, 0.2) is 0 Å². The van der Waals surface area contributed by atoms with Gasteiger partial charge in [-0.25, -0.2) is 0 Å². The average molecular weight is 354 g/mol. The van der Waals surface area contributed by atoms with Crippen LogP contribution in [0.2, 0.25) is 0 Å². The Morgan fingerprint density at radius 1 is 1.23 bits per heavy atom. The number of nitrogens with zero attached hydrogens (tertiary/aromatic N) is 2. The molecule has 0 aromatic heterocycles. The lowest BCUT2D eigenvalue weighted by Gasteiger charge is -2.62. The lowest BCUT2D eigenvalue weighted by Crippen LogP contribution is -2.73. The van der Waals surface area contributed by atoms with Gasteiger partial charge >= 0.3 is 0 Å². The predicted molar refractivity (Wildman–Crippen MR) is 97.1 cm³/mol. The number of hydrogen-bond acceptors (Lipinski definition) is 4. The van der Waals surface area contributed by atoms with Crippen molar-refractivity contribution in [1.29, 1.82) is 0 Å². The number of para-hydroxylation sites is 1. The van der Waals surface area contributed by atoms with E-state index in [-0.39, 0.29) is 34.3 Å². The highest BCUT2D eigenvalue weighted by Crippen LogP contribution is 2.73. The molecule has 1 amide bonds. The van der Waals surface area contributed by atoms with Crippen LogP contribution < -0.4 is 4.90 Å². The Morgan fingerprint density at radius 2 is 2.12 bits per heavy atom. The molecular formula is C21H26N2O3. The van der Waals surface area contributed by atoms with Crippen LogP contribution in [0.3, 0.4) is 0 Å². The van der Waals surface area contributed by atoms with E-state index in [1.807, 2.05) is 11.0 Å². The summed E-state index contributed by atoms with van der Waals surface area (Å²) in [7, 11) is 0. The molecule has 4 atom stereocenters. The van der Waals surface area contributed by atoms with Crippen LogP contribution in [0.15, 0.2) is 18.2 Å². The van der Waals surface area contributed by atoms with Gasteiger partial charge in [-0.1, -0.05) is 12.1 Å². The van der Waals surface area contributed by atoms with Crippen molar-refractivity contribution in [3.05, 3.63) is 23.8 Å². The first kappa shape index (κ1) is 15.5. The number of carbonyl (C=O) groups is 1. The number of amides is 1. The van der Waals surface area contributed by atoms with Gasteiger partial charge in [0.25, 0.3) is 0 Å². The highest BCUT2D eigenvalue weighted by molar-refractivity contribution is 5.98. The number of anilines is 1. The molecule has 4 aliphatic heterocycles. The molecule has 5 nitrogen and oxygen atoms in total. The fraction of sp³-hybridized carbons (Fsp3) is 0.667. The van der Waals surface area contributed by atoms with E-state index in [4.69, 9.17) is 4.74 Å². The predicted octanol–water partition coefficient (Wildman–Crippen LogP) is 2.76. The number of benzene rings is 1. The van der Waals surface area contributed by atoms with Gasteiger partial charge in [-0.05, 0) is 50.2 Å². The molecule has 4 fully saturated rings. The van der Waals surface area contributed by atoms with E-state index in [9.17, 15) is 9.90 Å². The number of aromatic hydroxyl groups is 1. The topological polar surface area (TPSA) is 53.0 Å². The van der Waals surface area contributed by atoms with Gasteiger partial charge in [0, 0.05) is 32.0 Å². The first-order valence-corrected chi connectivity index (χ1v) is 10.1. The van der Waals surface area contributed by atoms with E-state index in [0.717, 1.165) is 56.6 Å². The Balaban J connectivity index is 1.69. The third-order valence-corrected chi connectivity index (χ3v) is 8.37. The van der Waals surface area contributed by atoms with Crippen LogP contribution in [-0.2, 0) is 14.9 Å². The van der Waals surface area contributed by atoms with Crippen molar-refractivity contribution in [2.24, 2.45) is 5.41 Å². The summed E-state index contributed by atoms with van der Waals surface area (Å²) in [5.41, 5.74) is 1.59. The maximum Gasteiger partial charge on any atom is 0.224 e. The molecule has 0 bridgehead atoms. The first-order chi connectivity index (χ1) is 12.6. The van der Waals surface area contributed by atoms with Crippen LogP contribution in [0.1, 0.15) is 51.0 Å². The maximum absolute atomic E-state index is 12.7. The second-order valence-corrected chi connectivity index (χ2v) is 8.95. The lowest BCUT2D eigenvalue weighted by atomic mass is 9.50. The van der Waals surface area contributed by atoms with Gasteiger partial charge in [-0.15, -0.1) is 0 Å². The summed E-state index contributed by atoms with van der Waals surface area (Å²) in [6, 6.07) is 5.90. The minimum atomic E-state index is -0.298. The van der Waals surface area contributed by atoms with Gasteiger partial charge < -0.3 is 14.7 Å². The maximum atomic E-state index is 12.7. The SMILES string of the molecule is CC(=O)N1c2c(O)cccc2[C@@]23CCN4CCC[C@]5(CCO[C@@]452)CC[C@@H]13. The highest BCUT2D eigenvalue weighted by atomic mass is 16.5. The van der Waals surface area contributed by atoms with Crippen LogP contribution in [0.25, 0.3) is 0 Å². The Labute approximate surface area is 153 Å². The normalized spacial score (nSPS) is 43.0. The third kappa shape index (κ3) is 1.34. The van der Waals surface area contributed by atoms with E-state index < -0.39 is 0 Å². The Hall–Kier alpha value is -1.59. The summed E-state index contributed by atoms with van der Waals surface area (Å²) in [4.78, 5) is 17.2. The van der Waals surface area contributed by atoms with Crippen LogP contribution in [0.4, 0.5) is 5.69 Å². The average Bonchev–Trinajstić information content (AvgIpc) is 3.26. The highest BCUT2D eigenvalue weighted by Gasteiger charge is 2.79. The minimum absolute atomic E-state index is 0.0331. The standard InChI is InChI=1S/C21H26N2O3/c1-14(24)23-17-6-8-19-7-3-11-22-12-9-20(17,21(19,22)26-13-10-19)15-4-2-5-16(25)18(15)23/h2,4-5,17,25H,3,6-13H2,1H3/t17-,19-,20-,21+/m1/s1. The molecule has 5 heteroatoms. The zero-order valence-electron chi connectivity index (χ0n) is 15.3. The number of piperidine rings is 1. The molecule has 6 rings (SSSR count). The van der Waals surface area contributed by atoms with Gasteiger partial charge in [0.2, 0.25) is 5.91 Å². The fourth-order valence-electron chi connectivity index (χ4n) is 7.83. The van der Waals surface area contributed by atoms with E-state index in [1.165, 1.54) is 12.8 Å². The van der Waals surface area contributed by atoms with Crippen molar-refractivity contribution in [1.82, 2.24) is 4.90 Å². The molecule has 1 aliphatic carbocycles. The quantitative estimate of drug-likeness (QED) is 0.778. The number of phenols is 1. The largest absolute Gasteiger partial charge is 0.506 e. The molecule has 1 aromatic rings. The van der Waals surface area contributed by atoms with E-state index >= 15 is 0 Å². The van der Waals surface area contributed by atoms with Crippen molar-refractivity contribution in [3.8, 4) is 5.75 Å². The second kappa shape index (κ2) is 4.63. The Bertz CT molecular complexity index is 825. The minimum Gasteiger partial charge on any atom is -0.506 e. The summed E-state index contributed by atoms with van der Waals surface area (Å²) >= 11 is 0. The smallest absolute Gasteiger partial charge is 0.224 e. The monoisotopic (exact) mass is 354 g/mol. The van der Waals surface area contributed by atoms with Crippen molar-refractivity contribution in [2.45, 2.75) is 62.6 Å². The molecular weight excluding hydrogens is 328 g/mol. The van der Waals surface area contributed by atoms with Gasteiger partial charge in [-0.2, -0.15) is 0 Å². The van der Waals surface area contributed by atoms with Crippen molar-refractivity contribution >= 4 is 11.6 Å². The number of rotatable bonds is 0. The van der Waals surface area contributed by atoms with Gasteiger partial charge in [-0.3, -0.25) is 9.69 Å². The molecule has 0 unspecified atom stereocenters. The number of carbonyl (C=O) groups excluding carboxylic acids is 1. The third-order valence-electron chi connectivity index (χ3n) is 8.37. The molecule has 0 radical (unpaired) electrons. The van der Waals surface area contributed by atoms with Crippen molar-refractivity contribution < 1.29 is 14.6 Å². The second-order valence-electron chi connectivity index (χ2n) is 8.95. The van der Waals surface area contributed by atoms with Crippen molar-refractivity contribution in [3.63, 3.8) is 0 Å². The summed E-state index contributed by atoms with van der Waals surface area (Å²) in [5.74, 6) is 0.265.